The van der Waals surface area contributed by atoms with Gasteiger partial charge in [-0.1, -0.05) is 5.16 Å². The molecule has 4 heteroatoms. The monoisotopic (exact) mass is 196 g/mol. The molecule has 1 saturated carbocycles. The molecule has 4 nitrogen and oxygen atoms in total. The van der Waals surface area contributed by atoms with Crippen molar-refractivity contribution in [1.29, 1.82) is 0 Å². The number of aliphatic hydroxyl groups is 1. The van der Waals surface area contributed by atoms with Crippen LogP contribution in [0.25, 0.3) is 0 Å². The molecule has 0 aromatic carbocycles. The maximum absolute atomic E-state index is 9.56. The molecule has 78 valence electrons. The van der Waals surface area contributed by atoms with E-state index in [9.17, 15) is 5.11 Å². The molecule has 0 amide bonds. The van der Waals surface area contributed by atoms with Gasteiger partial charge in [0.05, 0.1) is 18.3 Å². The molecule has 0 saturated heterocycles. The minimum absolute atomic E-state index is 0.195. The number of aromatic nitrogens is 1. The Morgan fingerprint density at radius 3 is 3.07 bits per heavy atom. The first kappa shape index (κ1) is 9.68. The van der Waals surface area contributed by atoms with Gasteiger partial charge in [-0.05, 0) is 26.2 Å². The lowest BCUT2D eigenvalue weighted by molar-refractivity contribution is 0.147. The van der Waals surface area contributed by atoms with Crippen molar-refractivity contribution in [2.45, 2.75) is 44.9 Å². The molecule has 0 spiro atoms. The summed E-state index contributed by atoms with van der Waals surface area (Å²) in [5, 5.41) is 16.6. The smallest absolute Gasteiger partial charge is 0.150 e. The van der Waals surface area contributed by atoms with Crippen molar-refractivity contribution < 1.29 is 9.63 Å². The van der Waals surface area contributed by atoms with Gasteiger partial charge in [0, 0.05) is 12.1 Å². The topological polar surface area (TPSA) is 58.3 Å². The van der Waals surface area contributed by atoms with Crippen molar-refractivity contribution in [3.05, 3.63) is 17.5 Å². The van der Waals surface area contributed by atoms with Crippen LogP contribution < -0.4 is 5.32 Å². The van der Waals surface area contributed by atoms with Gasteiger partial charge in [0.15, 0.2) is 5.76 Å². The predicted octanol–water partition coefficient (Wildman–Crippen LogP) is 0.986. The van der Waals surface area contributed by atoms with Crippen LogP contribution in [-0.2, 0) is 6.54 Å². The summed E-state index contributed by atoms with van der Waals surface area (Å²) in [5.74, 6) is 0.835. The molecule has 1 heterocycles. The Bertz CT molecular complexity index is 298. The summed E-state index contributed by atoms with van der Waals surface area (Å²) in [6.45, 7) is 2.56. The lowest BCUT2D eigenvalue weighted by atomic mass is 10.2. The van der Waals surface area contributed by atoms with Crippen molar-refractivity contribution in [2.24, 2.45) is 0 Å². The Kier molecular flexibility index (Phi) is 2.84. The maximum atomic E-state index is 9.56. The van der Waals surface area contributed by atoms with Crippen LogP contribution in [0.4, 0.5) is 0 Å². The Hall–Kier alpha value is -0.870. The molecule has 0 aliphatic heterocycles. The normalized spacial score (nSPS) is 27.0. The number of aryl methyl sites for hydroxylation is 1. The quantitative estimate of drug-likeness (QED) is 0.756. The number of hydrogen-bond acceptors (Lipinski definition) is 4. The van der Waals surface area contributed by atoms with E-state index in [0.29, 0.717) is 6.54 Å². The zero-order chi connectivity index (χ0) is 9.97. The standard InChI is InChI=1S/C10H16N2O2/c1-7-5-8(14-12-7)6-11-9-3-2-4-10(9)13/h5,9-11,13H,2-4,6H2,1H3. The number of hydrogen-bond donors (Lipinski definition) is 2. The van der Waals surface area contributed by atoms with E-state index in [1.807, 2.05) is 13.0 Å². The summed E-state index contributed by atoms with van der Waals surface area (Å²) in [4.78, 5) is 0. The van der Waals surface area contributed by atoms with Gasteiger partial charge in [0.1, 0.15) is 0 Å². The van der Waals surface area contributed by atoms with E-state index in [0.717, 1.165) is 30.7 Å². The van der Waals surface area contributed by atoms with Crippen LogP contribution in [0.2, 0.25) is 0 Å². The fraction of sp³-hybridized carbons (Fsp3) is 0.700. The van der Waals surface area contributed by atoms with Gasteiger partial charge in [-0.3, -0.25) is 0 Å². The Morgan fingerprint density at radius 1 is 1.64 bits per heavy atom. The van der Waals surface area contributed by atoms with Crippen LogP contribution in [0, 0.1) is 6.92 Å². The molecule has 1 aliphatic carbocycles. The number of aliphatic hydroxyl groups excluding tert-OH is 1. The van der Waals surface area contributed by atoms with E-state index in [1.165, 1.54) is 0 Å². The van der Waals surface area contributed by atoms with Crippen molar-refractivity contribution in [2.75, 3.05) is 0 Å². The highest BCUT2D eigenvalue weighted by Crippen LogP contribution is 2.19. The third-order valence-electron chi connectivity index (χ3n) is 2.69. The first-order valence-corrected chi connectivity index (χ1v) is 5.09. The Balaban J connectivity index is 1.82. The van der Waals surface area contributed by atoms with Gasteiger partial charge < -0.3 is 14.9 Å². The molecule has 2 atom stereocenters. The maximum Gasteiger partial charge on any atom is 0.150 e. The highest BCUT2D eigenvalue weighted by molar-refractivity contribution is 5.03. The van der Waals surface area contributed by atoms with Gasteiger partial charge in [-0.25, -0.2) is 0 Å². The molecule has 1 aliphatic rings. The summed E-state index contributed by atoms with van der Waals surface area (Å²) < 4.78 is 5.07. The second-order valence-electron chi connectivity index (χ2n) is 3.92. The van der Waals surface area contributed by atoms with Gasteiger partial charge in [-0.15, -0.1) is 0 Å². The summed E-state index contributed by atoms with van der Waals surface area (Å²) >= 11 is 0. The fourth-order valence-corrected chi connectivity index (χ4v) is 1.91. The molecule has 0 bridgehead atoms. The second kappa shape index (κ2) is 4.11. The minimum atomic E-state index is -0.195. The van der Waals surface area contributed by atoms with Crippen LogP contribution in [0.1, 0.15) is 30.7 Å². The lowest BCUT2D eigenvalue weighted by Gasteiger charge is -2.14. The SMILES string of the molecule is Cc1cc(CNC2CCCC2O)on1. The van der Waals surface area contributed by atoms with E-state index >= 15 is 0 Å². The molecule has 1 aromatic rings. The van der Waals surface area contributed by atoms with Crippen molar-refractivity contribution in [3.63, 3.8) is 0 Å². The molecular weight excluding hydrogens is 180 g/mol. The number of rotatable bonds is 3. The Labute approximate surface area is 83.3 Å². The van der Waals surface area contributed by atoms with Crippen LogP contribution in [0.5, 0.6) is 0 Å². The van der Waals surface area contributed by atoms with E-state index in [2.05, 4.69) is 10.5 Å². The molecule has 2 unspecified atom stereocenters. The lowest BCUT2D eigenvalue weighted by Crippen LogP contribution is -2.34. The van der Waals surface area contributed by atoms with Gasteiger partial charge in [0.2, 0.25) is 0 Å². The first-order valence-electron chi connectivity index (χ1n) is 5.09. The molecular formula is C10H16N2O2. The first-order chi connectivity index (χ1) is 6.75. The molecule has 2 N–H and O–H groups in total. The van der Waals surface area contributed by atoms with Crippen LogP contribution in [0.3, 0.4) is 0 Å². The van der Waals surface area contributed by atoms with Crippen LogP contribution in [0.15, 0.2) is 10.6 Å². The van der Waals surface area contributed by atoms with E-state index < -0.39 is 0 Å². The average molecular weight is 196 g/mol. The molecule has 14 heavy (non-hydrogen) atoms. The fourth-order valence-electron chi connectivity index (χ4n) is 1.91. The van der Waals surface area contributed by atoms with Crippen LogP contribution >= 0.6 is 0 Å². The number of nitrogens with zero attached hydrogens (tertiary/aromatic N) is 1. The van der Waals surface area contributed by atoms with Gasteiger partial charge >= 0.3 is 0 Å². The van der Waals surface area contributed by atoms with Crippen molar-refractivity contribution in [1.82, 2.24) is 10.5 Å². The molecule has 1 fully saturated rings. The van der Waals surface area contributed by atoms with E-state index in [-0.39, 0.29) is 12.1 Å². The minimum Gasteiger partial charge on any atom is -0.392 e. The third-order valence-corrected chi connectivity index (χ3v) is 2.69. The predicted molar refractivity (Wildman–Crippen MR) is 51.7 cm³/mol. The number of nitrogens with one attached hydrogen (secondary N) is 1. The van der Waals surface area contributed by atoms with Crippen molar-refractivity contribution in [3.8, 4) is 0 Å². The summed E-state index contributed by atoms with van der Waals surface area (Å²) in [5.41, 5.74) is 0.897. The average Bonchev–Trinajstić information content (AvgIpc) is 2.72. The van der Waals surface area contributed by atoms with E-state index in [4.69, 9.17) is 4.52 Å². The van der Waals surface area contributed by atoms with Gasteiger partial charge in [0.25, 0.3) is 0 Å². The molecule has 0 radical (unpaired) electrons. The zero-order valence-electron chi connectivity index (χ0n) is 8.36. The van der Waals surface area contributed by atoms with Crippen LogP contribution in [-0.4, -0.2) is 22.4 Å². The summed E-state index contributed by atoms with van der Waals surface area (Å²) in [7, 11) is 0. The highest BCUT2D eigenvalue weighted by Gasteiger charge is 2.24. The highest BCUT2D eigenvalue weighted by atomic mass is 16.5. The largest absolute Gasteiger partial charge is 0.392 e. The summed E-state index contributed by atoms with van der Waals surface area (Å²) in [6.07, 6.45) is 2.87. The molecule has 1 aromatic heterocycles. The Morgan fingerprint density at radius 2 is 2.50 bits per heavy atom. The zero-order valence-corrected chi connectivity index (χ0v) is 8.36. The molecule has 2 rings (SSSR count). The van der Waals surface area contributed by atoms with E-state index in [1.54, 1.807) is 0 Å². The third kappa shape index (κ3) is 2.13. The summed E-state index contributed by atoms with van der Waals surface area (Å²) in [6, 6.07) is 2.13. The van der Waals surface area contributed by atoms with Crippen molar-refractivity contribution >= 4 is 0 Å². The second-order valence-corrected chi connectivity index (χ2v) is 3.92. The van der Waals surface area contributed by atoms with Gasteiger partial charge in [-0.2, -0.15) is 0 Å².